The van der Waals surface area contributed by atoms with Crippen molar-refractivity contribution in [1.82, 2.24) is 5.32 Å². The van der Waals surface area contributed by atoms with Crippen LogP contribution in [0.1, 0.15) is 316 Å². The maximum atomic E-state index is 12.5. The highest BCUT2D eigenvalue weighted by molar-refractivity contribution is 5.76. The van der Waals surface area contributed by atoms with E-state index in [1.54, 1.807) is 0 Å². The van der Waals surface area contributed by atoms with Crippen molar-refractivity contribution in [3.05, 3.63) is 85.1 Å². The lowest BCUT2D eigenvalue weighted by Crippen LogP contribution is -2.45. The zero-order valence-electron chi connectivity index (χ0n) is 47.5. The van der Waals surface area contributed by atoms with Gasteiger partial charge < -0.3 is 15.5 Å². The number of aliphatic hydroxyl groups is 2. The third kappa shape index (κ3) is 58.3. The molecule has 0 bridgehead atoms. The third-order valence-electron chi connectivity index (χ3n) is 14.2. The molecule has 1 amide bonds. The monoisotopic (exact) mass is 988 g/mol. The van der Waals surface area contributed by atoms with Crippen molar-refractivity contribution >= 4 is 5.91 Å². The summed E-state index contributed by atoms with van der Waals surface area (Å²) in [5.74, 6) is -0.0315. The molecule has 0 rings (SSSR count). The van der Waals surface area contributed by atoms with Crippen LogP contribution in [-0.4, -0.2) is 34.9 Å². The first kappa shape index (κ1) is 68.6. The topological polar surface area (TPSA) is 69.6 Å². The number of amides is 1. The van der Waals surface area contributed by atoms with Gasteiger partial charge in [-0.05, 0) is 70.6 Å². The van der Waals surface area contributed by atoms with E-state index in [9.17, 15) is 15.0 Å². The van der Waals surface area contributed by atoms with Gasteiger partial charge in [-0.1, -0.05) is 324 Å². The number of hydrogen-bond donors (Lipinski definition) is 3. The minimum atomic E-state index is -0.665. The molecule has 4 nitrogen and oxygen atoms in total. The fourth-order valence-corrected chi connectivity index (χ4v) is 9.46. The van der Waals surface area contributed by atoms with Crippen LogP contribution in [0.4, 0.5) is 0 Å². The van der Waals surface area contributed by atoms with Crippen molar-refractivity contribution in [2.24, 2.45) is 0 Å². The molecule has 0 spiro atoms. The number of carbonyl (C=O) groups excluding carboxylic acids is 1. The second-order valence-electron chi connectivity index (χ2n) is 21.1. The zero-order chi connectivity index (χ0) is 51.3. The minimum absolute atomic E-state index is 0.0315. The van der Waals surface area contributed by atoms with Gasteiger partial charge in [0.15, 0.2) is 0 Å². The summed E-state index contributed by atoms with van der Waals surface area (Å²) in [6.07, 6.45) is 90.2. The Kier molecular flexibility index (Phi) is 59.8. The van der Waals surface area contributed by atoms with Gasteiger partial charge in [-0.2, -0.15) is 0 Å². The summed E-state index contributed by atoms with van der Waals surface area (Å²) in [5, 5.41) is 23.4. The molecule has 2 atom stereocenters. The molecule has 0 heterocycles. The molecule has 0 aliphatic carbocycles. The number of carbonyl (C=O) groups is 1. The molecule has 71 heavy (non-hydrogen) atoms. The van der Waals surface area contributed by atoms with E-state index in [-0.39, 0.29) is 12.5 Å². The SMILES string of the molecule is CC/C=C\C/C=C\C/C=C\C/C=C\C/C=C\C/C=C\C/C=C\CCCCCCCCCCCCCCCC(=O)NC(CO)C(O)CCCCCCCCCCCCCCCCCCCCCCCCCC. The van der Waals surface area contributed by atoms with Crippen LogP contribution < -0.4 is 5.32 Å². The zero-order valence-corrected chi connectivity index (χ0v) is 47.5. The maximum absolute atomic E-state index is 12.5. The van der Waals surface area contributed by atoms with Gasteiger partial charge in [-0.25, -0.2) is 0 Å². The molecule has 0 aromatic rings. The number of rotatable bonds is 57. The number of nitrogens with one attached hydrogen (secondary N) is 1. The van der Waals surface area contributed by atoms with Crippen molar-refractivity contribution in [2.45, 2.75) is 328 Å². The fourth-order valence-electron chi connectivity index (χ4n) is 9.46. The molecule has 0 aromatic heterocycles. The van der Waals surface area contributed by atoms with E-state index >= 15 is 0 Å². The van der Waals surface area contributed by atoms with Crippen molar-refractivity contribution in [1.29, 1.82) is 0 Å². The average molecular weight is 989 g/mol. The highest BCUT2D eigenvalue weighted by Gasteiger charge is 2.20. The molecule has 0 fully saturated rings. The Morgan fingerprint density at radius 2 is 0.620 bits per heavy atom. The summed E-state index contributed by atoms with van der Waals surface area (Å²) in [6, 6.07) is -0.542. The number of unbranched alkanes of at least 4 members (excludes halogenated alkanes) is 36. The van der Waals surface area contributed by atoms with Crippen molar-refractivity contribution in [2.75, 3.05) is 6.61 Å². The molecule has 412 valence electrons. The van der Waals surface area contributed by atoms with Crippen LogP contribution in [0.5, 0.6) is 0 Å². The average Bonchev–Trinajstić information content (AvgIpc) is 3.37. The smallest absolute Gasteiger partial charge is 0.220 e. The van der Waals surface area contributed by atoms with Crippen molar-refractivity contribution < 1.29 is 15.0 Å². The van der Waals surface area contributed by atoms with Gasteiger partial charge in [0.25, 0.3) is 0 Å². The molecular formula is C67H121NO3. The number of hydrogen-bond acceptors (Lipinski definition) is 3. The third-order valence-corrected chi connectivity index (χ3v) is 14.2. The van der Waals surface area contributed by atoms with Crippen LogP contribution >= 0.6 is 0 Å². The maximum Gasteiger partial charge on any atom is 0.220 e. The Labute approximate surface area is 443 Å². The van der Waals surface area contributed by atoms with Crippen LogP contribution in [0, 0.1) is 0 Å². The standard InChI is InChI=1S/C67H121NO3/c1-3-5-7-9-11-13-15-17-19-21-23-25-27-29-30-31-32-33-34-35-36-37-38-39-41-43-45-47-49-51-53-55-57-59-61-63-67(71)68-65(64-69)66(70)62-60-58-56-54-52-50-48-46-44-42-40-28-26-24-22-20-18-16-14-12-10-8-6-4-2/h5,7,11,13,17,19,23,25,29-30,32-33,35-36,65-66,69-70H,3-4,6,8-10,12,14-16,18,20-22,24,26-28,31,34,37-64H2,1-2H3,(H,68,71)/b7-5-,13-11-,19-17-,25-23-,30-29-,33-32-,36-35-. The Morgan fingerprint density at radius 3 is 0.930 bits per heavy atom. The molecule has 0 aliphatic rings. The van der Waals surface area contributed by atoms with Gasteiger partial charge in [0.2, 0.25) is 5.91 Å². The van der Waals surface area contributed by atoms with Gasteiger partial charge >= 0.3 is 0 Å². The summed E-state index contributed by atoms with van der Waals surface area (Å²) >= 11 is 0. The van der Waals surface area contributed by atoms with Gasteiger partial charge in [0, 0.05) is 6.42 Å². The Hall–Kier alpha value is -2.43. The lowest BCUT2D eigenvalue weighted by atomic mass is 10.0. The molecule has 0 radical (unpaired) electrons. The van der Waals surface area contributed by atoms with Crippen LogP contribution in [0.25, 0.3) is 0 Å². The summed E-state index contributed by atoms with van der Waals surface area (Å²) in [4.78, 5) is 12.5. The number of allylic oxidation sites excluding steroid dienone is 14. The van der Waals surface area contributed by atoms with Gasteiger partial charge in [0.05, 0.1) is 18.8 Å². The van der Waals surface area contributed by atoms with E-state index in [0.29, 0.717) is 12.8 Å². The minimum Gasteiger partial charge on any atom is -0.394 e. The highest BCUT2D eigenvalue weighted by Crippen LogP contribution is 2.18. The molecule has 0 saturated carbocycles. The highest BCUT2D eigenvalue weighted by atomic mass is 16.3. The second-order valence-corrected chi connectivity index (χ2v) is 21.1. The predicted molar refractivity (Wildman–Crippen MR) is 317 cm³/mol. The molecular weight excluding hydrogens is 867 g/mol. The predicted octanol–water partition coefficient (Wildman–Crippen LogP) is 21.1. The molecule has 3 N–H and O–H groups in total. The Balaban J connectivity index is 3.49. The van der Waals surface area contributed by atoms with E-state index in [2.05, 4.69) is 104 Å². The summed E-state index contributed by atoms with van der Waals surface area (Å²) < 4.78 is 0. The lowest BCUT2D eigenvalue weighted by Gasteiger charge is -2.22. The van der Waals surface area contributed by atoms with Crippen molar-refractivity contribution in [3.8, 4) is 0 Å². The van der Waals surface area contributed by atoms with Gasteiger partial charge in [-0.3, -0.25) is 4.79 Å². The van der Waals surface area contributed by atoms with E-state index in [1.165, 1.54) is 218 Å². The van der Waals surface area contributed by atoms with Gasteiger partial charge in [0.1, 0.15) is 0 Å². The fraction of sp³-hybridized carbons (Fsp3) is 0.776. The van der Waals surface area contributed by atoms with Gasteiger partial charge in [-0.15, -0.1) is 0 Å². The lowest BCUT2D eigenvalue weighted by molar-refractivity contribution is -0.123. The van der Waals surface area contributed by atoms with Crippen LogP contribution in [0.3, 0.4) is 0 Å². The molecule has 0 aliphatic heterocycles. The summed E-state index contributed by atoms with van der Waals surface area (Å²) in [6.45, 7) is 4.27. The molecule has 2 unspecified atom stereocenters. The Bertz CT molecular complexity index is 1260. The molecule has 0 aromatic carbocycles. The first-order chi connectivity index (χ1) is 35.2. The summed E-state index contributed by atoms with van der Waals surface area (Å²) in [5.41, 5.74) is 0. The van der Waals surface area contributed by atoms with Crippen LogP contribution in [0.15, 0.2) is 85.1 Å². The largest absolute Gasteiger partial charge is 0.394 e. The van der Waals surface area contributed by atoms with Crippen LogP contribution in [-0.2, 0) is 4.79 Å². The molecule has 4 heteroatoms. The Morgan fingerprint density at radius 1 is 0.352 bits per heavy atom. The normalized spacial score (nSPS) is 13.4. The van der Waals surface area contributed by atoms with Crippen LogP contribution in [0.2, 0.25) is 0 Å². The first-order valence-electron chi connectivity index (χ1n) is 31.3. The quantitative estimate of drug-likeness (QED) is 0.0420. The van der Waals surface area contributed by atoms with E-state index in [1.807, 2.05) is 0 Å². The van der Waals surface area contributed by atoms with E-state index in [0.717, 1.165) is 70.6 Å². The van der Waals surface area contributed by atoms with Crippen molar-refractivity contribution in [3.63, 3.8) is 0 Å². The van der Waals surface area contributed by atoms with E-state index in [4.69, 9.17) is 0 Å². The number of aliphatic hydroxyl groups excluding tert-OH is 2. The second kappa shape index (κ2) is 61.9. The first-order valence-corrected chi connectivity index (χ1v) is 31.3. The summed E-state index contributed by atoms with van der Waals surface area (Å²) in [7, 11) is 0. The van der Waals surface area contributed by atoms with E-state index < -0.39 is 12.1 Å². The molecule has 0 saturated heterocycles.